The Bertz CT molecular complexity index is 1180. The minimum atomic E-state index is -2.69. The van der Waals surface area contributed by atoms with Crippen LogP contribution in [-0.2, 0) is 9.16 Å². The molecule has 3 aromatic rings. The zero-order valence-corrected chi connectivity index (χ0v) is 24.2. The molecule has 5 nitrogen and oxygen atoms in total. The average Bonchev–Trinajstić information content (AvgIpc) is 3.30. The fourth-order valence-electron chi connectivity index (χ4n) is 6.56. The van der Waals surface area contributed by atoms with Gasteiger partial charge in [-0.15, -0.1) is 0 Å². The van der Waals surface area contributed by atoms with Crippen LogP contribution in [0.1, 0.15) is 52.0 Å². The summed E-state index contributed by atoms with van der Waals surface area (Å²) in [4.78, 5) is 2.60. The van der Waals surface area contributed by atoms with Gasteiger partial charge in [-0.2, -0.15) is 0 Å². The molecule has 2 saturated heterocycles. The number of anilines is 1. The summed E-state index contributed by atoms with van der Waals surface area (Å²) in [6.07, 6.45) is 2.06. The summed E-state index contributed by atoms with van der Waals surface area (Å²) in [6.45, 7) is 12.6. The third kappa shape index (κ3) is 4.79. The van der Waals surface area contributed by atoms with E-state index >= 15 is 0 Å². The molecule has 0 bridgehead atoms. The number of ether oxygens (including phenoxy) is 1. The third-order valence-electron chi connectivity index (χ3n) is 8.83. The van der Waals surface area contributed by atoms with E-state index in [1.807, 2.05) is 12.1 Å². The lowest BCUT2D eigenvalue weighted by atomic mass is 9.85. The molecule has 2 heterocycles. The van der Waals surface area contributed by atoms with E-state index in [2.05, 4.69) is 93.3 Å². The minimum Gasteiger partial charge on any atom is -0.506 e. The van der Waals surface area contributed by atoms with E-state index < -0.39 is 8.32 Å². The number of benzene rings is 3. The van der Waals surface area contributed by atoms with Crippen LogP contribution in [0.25, 0.3) is 0 Å². The van der Waals surface area contributed by atoms with E-state index in [0.29, 0.717) is 24.8 Å². The molecule has 2 unspecified atom stereocenters. The number of nitrogens with two attached hydrogens (primary N) is 1. The zero-order valence-electron chi connectivity index (χ0n) is 23.2. The van der Waals surface area contributed by atoms with E-state index in [0.717, 1.165) is 25.9 Å². The fraction of sp³-hybridized carbons (Fsp3) is 0.438. The summed E-state index contributed by atoms with van der Waals surface area (Å²) in [7, 11) is -2.69. The number of hydrogen-bond acceptors (Lipinski definition) is 5. The molecule has 0 spiro atoms. The second-order valence-corrected chi connectivity index (χ2v) is 16.5. The third-order valence-corrected chi connectivity index (χ3v) is 13.9. The van der Waals surface area contributed by atoms with Crippen molar-refractivity contribution in [3.05, 3.63) is 84.4 Å². The highest BCUT2D eigenvalue weighted by atomic mass is 28.4. The number of nitrogen functional groups attached to an aromatic ring is 1. The second kappa shape index (κ2) is 10.5. The van der Waals surface area contributed by atoms with Crippen LogP contribution >= 0.6 is 0 Å². The molecule has 0 saturated carbocycles. The van der Waals surface area contributed by atoms with Crippen molar-refractivity contribution in [2.24, 2.45) is 0 Å². The quantitative estimate of drug-likeness (QED) is 0.270. The van der Waals surface area contributed by atoms with Gasteiger partial charge in [0.25, 0.3) is 8.32 Å². The van der Waals surface area contributed by atoms with Gasteiger partial charge in [0.05, 0.1) is 30.5 Å². The van der Waals surface area contributed by atoms with Crippen LogP contribution in [0.2, 0.25) is 5.04 Å². The summed E-state index contributed by atoms with van der Waals surface area (Å²) in [5, 5.41) is 12.4. The van der Waals surface area contributed by atoms with Crippen LogP contribution < -0.4 is 16.1 Å². The van der Waals surface area contributed by atoms with Crippen molar-refractivity contribution in [2.75, 3.05) is 32.0 Å². The molecule has 2 aliphatic rings. The smallest absolute Gasteiger partial charge is 0.261 e. The fourth-order valence-corrected chi connectivity index (χ4v) is 11.3. The molecule has 0 aliphatic carbocycles. The summed E-state index contributed by atoms with van der Waals surface area (Å²) in [5.74, 6) is 0.598. The Morgan fingerprint density at radius 1 is 0.947 bits per heavy atom. The molecule has 5 rings (SSSR count). The number of nitrogens with zero attached hydrogens (tertiary/aromatic N) is 1. The number of aromatic hydroxyl groups is 1. The Labute approximate surface area is 228 Å². The molecule has 2 fully saturated rings. The molecular weight excluding hydrogens is 488 g/mol. The van der Waals surface area contributed by atoms with Gasteiger partial charge in [-0.25, -0.2) is 0 Å². The number of likely N-dealkylation sites (tertiary alicyclic amines) is 1. The van der Waals surface area contributed by atoms with E-state index in [-0.39, 0.29) is 22.4 Å². The van der Waals surface area contributed by atoms with Crippen molar-refractivity contribution in [1.82, 2.24) is 4.90 Å². The SMILES string of the molecule is CC1(N2CCC(c3ccc(O)c(N)c3)CC2)COCC1O[Si](c1ccccc1)(c1ccccc1)C(C)(C)C. The minimum absolute atomic E-state index is 0.0327. The van der Waals surface area contributed by atoms with Crippen molar-refractivity contribution in [3.63, 3.8) is 0 Å². The first-order valence-electron chi connectivity index (χ1n) is 13.9. The second-order valence-electron chi connectivity index (χ2n) is 12.2. The van der Waals surface area contributed by atoms with Gasteiger partial charge in [0.2, 0.25) is 0 Å². The molecule has 0 amide bonds. The molecule has 202 valence electrons. The van der Waals surface area contributed by atoms with Crippen molar-refractivity contribution in [3.8, 4) is 5.75 Å². The molecular formula is C32H42N2O3Si. The molecule has 38 heavy (non-hydrogen) atoms. The van der Waals surface area contributed by atoms with Gasteiger partial charge in [-0.05, 0) is 71.9 Å². The zero-order chi connectivity index (χ0) is 27.0. The van der Waals surface area contributed by atoms with Crippen LogP contribution in [0.4, 0.5) is 5.69 Å². The molecule has 3 N–H and O–H groups in total. The van der Waals surface area contributed by atoms with E-state index in [4.69, 9.17) is 14.9 Å². The molecule has 3 aromatic carbocycles. The highest BCUT2D eigenvalue weighted by molar-refractivity contribution is 6.99. The van der Waals surface area contributed by atoms with Crippen LogP contribution in [0.3, 0.4) is 0 Å². The maximum Gasteiger partial charge on any atom is 0.261 e. The van der Waals surface area contributed by atoms with E-state index in [1.54, 1.807) is 6.07 Å². The van der Waals surface area contributed by atoms with Crippen molar-refractivity contribution < 1.29 is 14.3 Å². The summed E-state index contributed by atoms with van der Waals surface area (Å²) in [6, 6.07) is 27.4. The van der Waals surface area contributed by atoms with Gasteiger partial charge < -0.3 is 20.0 Å². The van der Waals surface area contributed by atoms with Crippen molar-refractivity contribution in [1.29, 1.82) is 0 Å². The Morgan fingerprint density at radius 3 is 2.05 bits per heavy atom. The highest BCUT2D eigenvalue weighted by Crippen LogP contribution is 2.42. The van der Waals surface area contributed by atoms with Crippen LogP contribution in [-0.4, -0.2) is 56.3 Å². The highest BCUT2D eigenvalue weighted by Gasteiger charge is 2.56. The molecule has 0 radical (unpaired) electrons. The van der Waals surface area contributed by atoms with Crippen LogP contribution in [0.15, 0.2) is 78.9 Å². The number of phenols is 1. The summed E-state index contributed by atoms with van der Waals surface area (Å²) in [5.41, 5.74) is 7.46. The van der Waals surface area contributed by atoms with Gasteiger partial charge in [-0.1, -0.05) is 87.5 Å². The van der Waals surface area contributed by atoms with Gasteiger partial charge in [0.1, 0.15) is 5.75 Å². The first-order chi connectivity index (χ1) is 18.1. The number of piperidine rings is 1. The van der Waals surface area contributed by atoms with Gasteiger partial charge in [0.15, 0.2) is 0 Å². The molecule has 2 atom stereocenters. The lowest BCUT2D eigenvalue weighted by Crippen LogP contribution is -2.70. The Hall–Kier alpha value is -2.64. The lowest BCUT2D eigenvalue weighted by molar-refractivity contribution is 0.00482. The Kier molecular flexibility index (Phi) is 7.44. The van der Waals surface area contributed by atoms with Gasteiger partial charge in [-0.3, -0.25) is 4.90 Å². The predicted octanol–water partition coefficient (Wildman–Crippen LogP) is 4.89. The topological polar surface area (TPSA) is 68.0 Å². The number of rotatable bonds is 6. The summed E-state index contributed by atoms with van der Waals surface area (Å²) < 4.78 is 13.8. The van der Waals surface area contributed by atoms with Gasteiger partial charge in [0, 0.05) is 0 Å². The lowest BCUT2D eigenvalue weighted by Gasteiger charge is -2.50. The average molecular weight is 531 g/mol. The predicted molar refractivity (Wildman–Crippen MR) is 158 cm³/mol. The van der Waals surface area contributed by atoms with Crippen molar-refractivity contribution in [2.45, 2.75) is 63.1 Å². The summed E-state index contributed by atoms with van der Waals surface area (Å²) >= 11 is 0. The van der Waals surface area contributed by atoms with Crippen molar-refractivity contribution >= 4 is 24.4 Å². The van der Waals surface area contributed by atoms with Crippen LogP contribution in [0, 0.1) is 0 Å². The molecule has 6 heteroatoms. The Balaban J connectivity index is 1.44. The van der Waals surface area contributed by atoms with Gasteiger partial charge >= 0.3 is 0 Å². The number of hydrogen-bond donors (Lipinski definition) is 2. The normalized spacial score (nSPS) is 23.5. The maximum absolute atomic E-state index is 9.85. The first-order valence-corrected chi connectivity index (χ1v) is 15.8. The Morgan fingerprint density at radius 2 is 1.53 bits per heavy atom. The standard InChI is InChI=1S/C32H42N2O3Si/c1-31(2,3)38(26-11-7-5-8-12-26,27-13-9-6-10-14-27)37-30-22-36-23-32(30,4)34-19-17-24(18-20-34)25-15-16-29(35)28(33)21-25/h5-16,21,24,30,35H,17-20,22-23,33H2,1-4H3. The maximum atomic E-state index is 9.85. The monoisotopic (exact) mass is 530 g/mol. The molecule has 0 aromatic heterocycles. The van der Waals surface area contributed by atoms with Crippen LogP contribution in [0.5, 0.6) is 5.75 Å². The number of phenolic OH excluding ortho intramolecular Hbond substituents is 1. The molecule has 2 aliphatic heterocycles. The van der Waals surface area contributed by atoms with E-state index in [1.165, 1.54) is 15.9 Å². The first kappa shape index (κ1) is 26.9. The van der Waals surface area contributed by atoms with E-state index in [9.17, 15) is 5.11 Å². The largest absolute Gasteiger partial charge is 0.506 e.